The smallest absolute Gasteiger partial charge is 0.303 e. The van der Waals surface area contributed by atoms with Gasteiger partial charge in [0.25, 0.3) is 5.91 Å². The lowest BCUT2D eigenvalue weighted by Gasteiger charge is -2.20. The fraction of sp³-hybridized carbons (Fsp3) is 0.179. The minimum atomic E-state index is -1.09. The molecule has 3 aromatic carbocycles. The molecular formula is C28H23BrF2N2O3. The van der Waals surface area contributed by atoms with Gasteiger partial charge in [-0.3, -0.25) is 9.59 Å². The molecule has 8 heteroatoms. The molecule has 0 spiro atoms. The molecule has 0 radical (unpaired) electrons. The molecule has 4 rings (SSSR count). The number of fused-ring (bicyclic) bond motifs is 1. The number of amides is 1. The van der Waals surface area contributed by atoms with E-state index in [1.807, 2.05) is 49.4 Å². The van der Waals surface area contributed by atoms with Crippen LogP contribution in [-0.2, 0) is 4.79 Å². The van der Waals surface area contributed by atoms with E-state index >= 15 is 0 Å². The van der Waals surface area contributed by atoms with Gasteiger partial charge in [0, 0.05) is 39.9 Å². The molecule has 184 valence electrons. The van der Waals surface area contributed by atoms with E-state index < -0.39 is 29.4 Å². The Bertz CT molecular complexity index is 1420. The zero-order valence-corrected chi connectivity index (χ0v) is 21.0. The van der Waals surface area contributed by atoms with Crippen molar-refractivity contribution < 1.29 is 23.5 Å². The zero-order valence-electron chi connectivity index (χ0n) is 19.4. The summed E-state index contributed by atoms with van der Waals surface area (Å²) in [6, 6.07) is 18.4. The van der Waals surface area contributed by atoms with Crippen molar-refractivity contribution in [3.8, 4) is 11.3 Å². The molecule has 5 nitrogen and oxygen atoms in total. The minimum absolute atomic E-state index is 0.0373. The number of rotatable bonds is 8. The van der Waals surface area contributed by atoms with Gasteiger partial charge in [0.15, 0.2) is 0 Å². The third kappa shape index (κ3) is 5.44. The Morgan fingerprint density at radius 1 is 1.03 bits per heavy atom. The van der Waals surface area contributed by atoms with Gasteiger partial charge in [-0.15, -0.1) is 0 Å². The van der Waals surface area contributed by atoms with Gasteiger partial charge >= 0.3 is 5.97 Å². The summed E-state index contributed by atoms with van der Waals surface area (Å²) >= 11 is 3.45. The van der Waals surface area contributed by atoms with Gasteiger partial charge < -0.3 is 10.4 Å². The van der Waals surface area contributed by atoms with Crippen LogP contribution in [0.5, 0.6) is 0 Å². The SMILES string of the molecule is Cc1c(-c2ccccc2)nc2ccc(Br)cc2c1C(=O)NC[C@H](CCC(=O)O)c1c(F)cccc1F. The van der Waals surface area contributed by atoms with E-state index in [0.29, 0.717) is 27.7 Å². The van der Waals surface area contributed by atoms with Gasteiger partial charge in [-0.2, -0.15) is 0 Å². The lowest BCUT2D eigenvalue weighted by Crippen LogP contribution is -2.30. The lowest BCUT2D eigenvalue weighted by molar-refractivity contribution is -0.137. The summed E-state index contributed by atoms with van der Waals surface area (Å²) in [5.74, 6) is -3.94. The highest BCUT2D eigenvalue weighted by molar-refractivity contribution is 9.10. The monoisotopic (exact) mass is 552 g/mol. The molecule has 1 heterocycles. The highest BCUT2D eigenvalue weighted by Crippen LogP contribution is 2.32. The van der Waals surface area contributed by atoms with Crippen LogP contribution in [0.4, 0.5) is 8.78 Å². The predicted molar refractivity (Wildman–Crippen MR) is 138 cm³/mol. The highest BCUT2D eigenvalue weighted by atomic mass is 79.9. The molecule has 0 bridgehead atoms. The van der Waals surface area contributed by atoms with E-state index in [2.05, 4.69) is 21.2 Å². The van der Waals surface area contributed by atoms with E-state index in [0.717, 1.165) is 22.2 Å². The van der Waals surface area contributed by atoms with Crippen LogP contribution in [0.2, 0.25) is 0 Å². The number of aliphatic carboxylic acids is 1. The number of carbonyl (C=O) groups excluding carboxylic acids is 1. The van der Waals surface area contributed by atoms with Crippen molar-refractivity contribution in [1.29, 1.82) is 0 Å². The van der Waals surface area contributed by atoms with Gasteiger partial charge in [0.05, 0.1) is 16.8 Å². The van der Waals surface area contributed by atoms with Crippen molar-refractivity contribution >= 4 is 38.7 Å². The molecule has 1 amide bonds. The van der Waals surface area contributed by atoms with Crippen LogP contribution >= 0.6 is 15.9 Å². The standard InChI is InChI=1S/C28H23BrF2N2O3/c1-16-25(20-14-19(29)11-12-23(20)33-27(16)17-6-3-2-4-7-17)28(36)32-15-18(10-13-24(34)35)26-21(30)8-5-9-22(26)31/h2-9,11-12,14,18H,10,13,15H2,1H3,(H,32,36)(H,34,35)/t18-/m0/s1. The highest BCUT2D eigenvalue weighted by Gasteiger charge is 2.24. The first-order valence-corrected chi connectivity index (χ1v) is 12.1. The number of nitrogens with zero attached hydrogens (tertiary/aromatic N) is 1. The summed E-state index contributed by atoms with van der Waals surface area (Å²) in [5.41, 5.74) is 2.94. The maximum absolute atomic E-state index is 14.5. The number of aromatic nitrogens is 1. The topological polar surface area (TPSA) is 79.3 Å². The molecular weight excluding hydrogens is 530 g/mol. The first kappa shape index (κ1) is 25.4. The summed E-state index contributed by atoms with van der Waals surface area (Å²) in [5, 5.41) is 12.6. The van der Waals surface area contributed by atoms with Crippen molar-refractivity contribution in [2.45, 2.75) is 25.7 Å². The van der Waals surface area contributed by atoms with Crippen LogP contribution in [0.1, 0.15) is 40.2 Å². The third-order valence-corrected chi connectivity index (χ3v) is 6.58. The Balaban J connectivity index is 1.73. The van der Waals surface area contributed by atoms with Crippen LogP contribution in [0.25, 0.3) is 22.2 Å². The summed E-state index contributed by atoms with van der Waals surface area (Å²) < 4.78 is 29.8. The number of hydrogen-bond donors (Lipinski definition) is 2. The normalized spacial score (nSPS) is 11.9. The Kier molecular flexibility index (Phi) is 7.74. The Morgan fingerprint density at radius 3 is 2.39 bits per heavy atom. The van der Waals surface area contributed by atoms with Gasteiger partial charge in [-0.1, -0.05) is 52.3 Å². The molecule has 1 aromatic heterocycles. The number of hydrogen-bond acceptors (Lipinski definition) is 3. The summed E-state index contributed by atoms with van der Waals surface area (Å²) in [6.07, 6.45) is -0.332. The van der Waals surface area contributed by atoms with Gasteiger partial charge in [0.2, 0.25) is 0 Å². The van der Waals surface area contributed by atoms with Gasteiger partial charge in [-0.05, 0) is 49.2 Å². The second kappa shape index (κ2) is 11.0. The molecule has 0 aliphatic carbocycles. The molecule has 0 saturated heterocycles. The molecule has 2 N–H and O–H groups in total. The van der Waals surface area contributed by atoms with E-state index in [9.17, 15) is 18.4 Å². The van der Waals surface area contributed by atoms with Crippen molar-refractivity contribution in [2.75, 3.05) is 6.54 Å². The number of carbonyl (C=O) groups is 2. The van der Waals surface area contributed by atoms with Crippen molar-refractivity contribution in [1.82, 2.24) is 10.3 Å². The van der Waals surface area contributed by atoms with E-state index in [1.165, 1.54) is 6.07 Å². The summed E-state index contributed by atoms with van der Waals surface area (Å²) in [6.45, 7) is 1.67. The Labute approximate surface area is 215 Å². The van der Waals surface area contributed by atoms with Crippen molar-refractivity contribution in [2.24, 2.45) is 0 Å². The number of halogens is 3. The predicted octanol–water partition coefficient (Wildman–Crippen LogP) is 6.63. The molecule has 0 saturated carbocycles. The fourth-order valence-electron chi connectivity index (χ4n) is 4.35. The van der Waals surface area contributed by atoms with Crippen LogP contribution in [0.15, 0.2) is 71.2 Å². The first-order valence-electron chi connectivity index (χ1n) is 11.4. The van der Waals surface area contributed by atoms with Crippen LogP contribution < -0.4 is 5.32 Å². The molecule has 4 aromatic rings. The number of pyridine rings is 1. The van der Waals surface area contributed by atoms with E-state index in [-0.39, 0.29) is 24.9 Å². The van der Waals surface area contributed by atoms with Crippen molar-refractivity contribution in [3.63, 3.8) is 0 Å². The van der Waals surface area contributed by atoms with Gasteiger partial charge in [-0.25, -0.2) is 13.8 Å². The third-order valence-electron chi connectivity index (χ3n) is 6.09. The number of nitrogens with one attached hydrogen (secondary N) is 1. The second-order valence-electron chi connectivity index (χ2n) is 8.46. The second-order valence-corrected chi connectivity index (χ2v) is 9.38. The van der Waals surface area contributed by atoms with Crippen molar-refractivity contribution in [3.05, 3.63) is 99.5 Å². The zero-order chi connectivity index (χ0) is 25.8. The molecule has 0 unspecified atom stereocenters. The molecule has 36 heavy (non-hydrogen) atoms. The first-order chi connectivity index (χ1) is 17.3. The van der Waals surface area contributed by atoms with Crippen LogP contribution in [0, 0.1) is 18.6 Å². The lowest BCUT2D eigenvalue weighted by atomic mass is 9.92. The Hall–Kier alpha value is -3.65. The van der Waals surface area contributed by atoms with E-state index in [1.54, 1.807) is 6.07 Å². The molecule has 0 aliphatic rings. The largest absolute Gasteiger partial charge is 0.481 e. The molecule has 0 fully saturated rings. The molecule has 0 aliphatic heterocycles. The quantitative estimate of drug-likeness (QED) is 0.257. The molecule has 1 atom stereocenters. The number of carboxylic acids is 1. The number of carboxylic acid groups (broad SMARTS) is 1. The Morgan fingerprint density at radius 2 is 1.72 bits per heavy atom. The fourth-order valence-corrected chi connectivity index (χ4v) is 4.71. The van der Waals surface area contributed by atoms with Gasteiger partial charge in [0.1, 0.15) is 11.6 Å². The van der Waals surface area contributed by atoms with Crippen LogP contribution in [0.3, 0.4) is 0 Å². The minimum Gasteiger partial charge on any atom is -0.481 e. The number of benzene rings is 3. The average molecular weight is 553 g/mol. The summed E-state index contributed by atoms with van der Waals surface area (Å²) in [7, 11) is 0. The maximum Gasteiger partial charge on any atom is 0.303 e. The van der Waals surface area contributed by atoms with E-state index in [4.69, 9.17) is 10.1 Å². The maximum atomic E-state index is 14.5. The van der Waals surface area contributed by atoms with Crippen LogP contribution in [-0.4, -0.2) is 28.5 Å². The average Bonchev–Trinajstić information content (AvgIpc) is 2.85. The summed E-state index contributed by atoms with van der Waals surface area (Å²) in [4.78, 5) is 29.5.